The Kier molecular flexibility index (Phi) is 8.89. The number of amides is 2. The minimum absolute atomic E-state index is 0.0759. The van der Waals surface area contributed by atoms with E-state index >= 15 is 0 Å². The fourth-order valence-corrected chi connectivity index (χ4v) is 4.68. The van der Waals surface area contributed by atoms with Gasteiger partial charge in [0.05, 0.1) is 42.0 Å². The molecule has 0 saturated carbocycles. The molecule has 34 heavy (non-hydrogen) atoms. The van der Waals surface area contributed by atoms with Crippen molar-refractivity contribution in [1.29, 1.82) is 5.26 Å². The van der Waals surface area contributed by atoms with E-state index in [1.807, 2.05) is 0 Å². The highest BCUT2D eigenvalue weighted by atomic mass is 16.5. The Bertz CT molecular complexity index is 916. The van der Waals surface area contributed by atoms with E-state index in [1.54, 1.807) is 51.2 Å². The molecular weight excluding hydrogens is 438 g/mol. The number of likely N-dealkylation sites (N-methyl/N-ethyl adjacent to an activating group) is 2. The average molecular weight is 474 g/mol. The lowest BCUT2D eigenvalue weighted by Gasteiger charge is -2.38. The quantitative estimate of drug-likeness (QED) is 0.648. The molecule has 0 spiro atoms. The van der Waals surface area contributed by atoms with Gasteiger partial charge in [0.15, 0.2) is 0 Å². The highest BCUT2D eigenvalue weighted by molar-refractivity contribution is 5.97. The number of rotatable bonds is 2. The van der Waals surface area contributed by atoms with Gasteiger partial charge in [-0.25, -0.2) is 0 Å². The van der Waals surface area contributed by atoms with Gasteiger partial charge in [-0.15, -0.1) is 0 Å². The third-order valence-electron chi connectivity index (χ3n) is 6.79. The van der Waals surface area contributed by atoms with Crippen molar-refractivity contribution in [2.75, 3.05) is 48.0 Å². The molecule has 1 aromatic carbocycles. The average Bonchev–Trinajstić information content (AvgIpc) is 2.85. The third kappa shape index (κ3) is 5.69. The van der Waals surface area contributed by atoms with E-state index in [1.165, 1.54) is 12.0 Å². The predicted octanol–water partition coefficient (Wildman–Crippen LogP) is 2.08. The maximum absolute atomic E-state index is 13.3. The summed E-state index contributed by atoms with van der Waals surface area (Å²) in [5.74, 6) is -0.601. The molecule has 186 valence electrons. The molecule has 2 heterocycles. The number of para-hydroxylation sites is 1. The van der Waals surface area contributed by atoms with Gasteiger partial charge < -0.3 is 28.7 Å². The van der Waals surface area contributed by atoms with Crippen molar-refractivity contribution in [3.8, 4) is 11.8 Å². The number of hydrogen-bond donors (Lipinski definition) is 0. The molecule has 0 unspecified atom stereocenters. The zero-order valence-corrected chi connectivity index (χ0v) is 20.7. The van der Waals surface area contributed by atoms with E-state index < -0.39 is 12.0 Å². The zero-order valence-electron chi connectivity index (χ0n) is 20.7. The molecule has 9 heteroatoms. The first-order chi connectivity index (χ1) is 16.3. The number of hydrogen-bond acceptors (Lipinski definition) is 7. The van der Waals surface area contributed by atoms with Gasteiger partial charge in [0.1, 0.15) is 17.9 Å². The second kappa shape index (κ2) is 11.6. The van der Waals surface area contributed by atoms with Crippen LogP contribution in [0.2, 0.25) is 0 Å². The summed E-state index contributed by atoms with van der Waals surface area (Å²) in [5, 5.41) is 9.60. The summed E-state index contributed by atoms with van der Waals surface area (Å²) in [5.41, 5.74) is 0.609. The Labute approximate surface area is 201 Å². The maximum atomic E-state index is 13.3. The Morgan fingerprint density at radius 2 is 1.76 bits per heavy atom. The molecular formula is C25H35N3O6. The number of nitriles is 1. The molecule has 9 nitrogen and oxygen atoms in total. The first kappa shape index (κ1) is 25.9. The molecule has 0 N–H and O–H groups in total. The summed E-state index contributed by atoms with van der Waals surface area (Å²) in [6.07, 6.45) is 1.25. The Hall–Kier alpha value is -2.67. The van der Waals surface area contributed by atoms with Gasteiger partial charge in [-0.2, -0.15) is 5.26 Å². The lowest BCUT2D eigenvalue weighted by atomic mass is 9.97. The molecule has 0 aromatic heterocycles. The van der Waals surface area contributed by atoms with Crippen molar-refractivity contribution < 1.29 is 28.5 Å². The van der Waals surface area contributed by atoms with Gasteiger partial charge in [0.25, 0.3) is 5.91 Å². The van der Waals surface area contributed by atoms with Gasteiger partial charge >= 0.3 is 0 Å². The lowest BCUT2D eigenvalue weighted by Crippen LogP contribution is -2.50. The lowest BCUT2D eigenvalue weighted by molar-refractivity contribution is -0.154. The van der Waals surface area contributed by atoms with Gasteiger partial charge in [-0.05, 0) is 25.0 Å². The zero-order chi connectivity index (χ0) is 24.8. The molecule has 1 saturated heterocycles. The minimum atomic E-state index is -0.515. The summed E-state index contributed by atoms with van der Waals surface area (Å²) < 4.78 is 23.6. The number of ether oxygens (including phenoxy) is 4. The van der Waals surface area contributed by atoms with Crippen molar-refractivity contribution in [1.82, 2.24) is 9.80 Å². The normalized spacial score (nSPS) is 29.2. The topological polar surface area (TPSA) is 101 Å². The van der Waals surface area contributed by atoms with Gasteiger partial charge in [0, 0.05) is 47.8 Å². The molecule has 2 aliphatic heterocycles. The van der Waals surface area contributed by atoms with Crippen molar-refractivity contribution in [3.63, 3.8) is 0 Å². The van der Waals surface area contributed by atoms with Crippen LogP contribution >= 0.6 is 0 Å². The molecule has 0 radical (unpaired) electrons. The van der Waals surface area contributed by atoms with Crippen LogP contribution in [-0.4, -0.2) is 94.0 Å². The van der Waals surface area contributed by atoms with E-state index in [9.17, 15) is 14.9 Å². The van der Waals surface area contributed by atoms with Crippen LogP contribution in [0.3, 0.4) is 0 Å². The fraction of sp³-hybridized carbons (Fsp3) is 0.640. The number of fused-ring (bicyclic) bond motifs is 3. The van der Waals surface area contributed by atoms with Crippen LogP contribution in [0.25, 0.3) is 0 Å². The van der Waals surface area contributed by atoms with E-state index in [0.717, 1.165) is 12.8 Å². The van der Waals surface area contributed by atoms with Crippen molar-refractivity contribution >= 4 is 11.8 Å². The van der Waals surface area contributed by atoms with Crippen molar-refractivity contribution in [3.05, 3.63) is 29.3 Å². The highest BCUT2D eigenvalue weighted by Gasteiger charge is 2.36. The predicted molar refractivity (Wildman–Crippen MR) is 125 cm³/mol. The van der Waals surface area contributed by atoms with E-state index in [4.69, 9.17) is 18.9 Å². The number of methoxy groups -OCH3 is 2. The fourth-order valence-electron chi connectivity index (χ4n) is 4.68. The van der Waals surface area contributed by atoms with Crippen LogP contribution < -0.4 is 4.74 Å². The Morgan fingerprint density at radius 3 is 2.44 bits per heavy atom. The van der Waals surface area contributed by atoms with Crippen LogP contribution in [0.1, 0.15) is 42.1 Å². The molecule has 2 aliphatic rings. The summed E-state index contributed by atoms with van der Waals surface area (Å²) in [7, 11) is 6.61. The van der Waals surface area contributed by atoms with Crippen LogP contribution in [0.15, 0.2) is 18.2 Å². The highest BCUT2D eigenvalue weighted by Crippen LogP contribution is 2.28. The van der Waals surface area contributed by atoms with Crippen LogP contribution in [0.4, 0.5) is 0 Å². The molecule has 5 atom stereocenters. The minimum Gasteiger partial charge on any atom is -0.491 e. The summed E-state index contributed by atoms with van der Waals surface area (Å²) in [6.45, 7) is 2.70. The summed E-state index contributed by atoms with van der Waals surface area (Å²) in [6, 6.07) is 7.07. The largest absolute Gasteiger partial charge is 0.491 e. The van der Waals surface area contributed by atoms with Crippen LogP contribution in [0.5, 0.6) is 5.75 Å². The number of carbonyl (C=O) groups excluding carboxylic acids is 2. The molecule has 1 fully saturated rings. The molecule has 1 aromatic rings. The first-order valence-corrected chi connectivity index (χ1v) is 11.7. The van der Waals surface area contributed by atoms with E-state index in [-0.39, 0.29) is 42.4 Å². The SMILES string of the molecule is CO[C@H]1CC[C@@H]2CCOc3c(C#N)cccc3C(=O)N(C)C[C@H](OC)[C@@H](C)C(=O)N(C)C[C@@H]1O2. The summed E-state index contributed by atoms with van der Waals surface area (Å²) >= 11 is 0. The second-order valence-corrected chi connectivity index (χ2v) is 9.05. The second-order valence-electron chi connectivity index (χ2n) is 9.05. The van der Waals surface area contributed by atoms with Crippen molar-refractivity contribution in [2.45, 2.75) is 50.6 Å². The van der Waals surface area contributed by atoms with E-state index in [0.29, 0.717) is 30.7 Å². The molecule has 2 bridgehead atoms. The van der Waals surface area contributed by atoms with Gasteiger partial charge in [-0.3, -0.25) is 9.59 Å². The first-order valence-electron chi connectivity index (χ1n) is 11.7. The van der Waals surface area contributed by atoms with Crippen molar-refractivity contribution in [2.24, 2.45) is 5.92 Å². The molecule has 2 amide bonds. The Morgan fingerprint density at radius 1 is 1.03 bits per heavy atom. The smallest absolute Gasteiger partial charge is 0.257 e. The number of nitrogens with zero attached hydrogens (tertiary/aromatic N) is 3. The standard InChI is InChI=1S/C25H35N3O6/c1-16-21(32-5)14-28(3)25(30)19-8-6-7-17(13-26)23(19)33-12-11-18-9-10-20(31-4)22(34-18)15-27(2)24(16)29/h6-8,16,18,20-22H,9-12,14-15H2,1-5H3/t16-,18-,20+,21+,22+/m1/s1. The molecule has 0 aliphatic carbocycles. The van der Waals surface area contributed by atoms with E-state index in [2.05, 4.69) is 6.07 Å². The monoisotopic (exact) mass is 473 g/mol. The summed E-state index contributed by atoms with van der Waals surface area (Å²) in [4.78, 5) is 29.7. The van der Waals surface area contributed by atoms with Crippen LogP contribution in [0, 0.1) is 17.2 Å². The Balaban J connectivity index is 1.95. The van der Waals surface area contributed by atoms with Gasteiger partial charge in [-0.1, -0.05) is 13.0 Å². The third-order valence-corrected chi connectivity index (χ3v) is 6.79. The number of carbonyl (C=O) groups is 2. The molecule has 3 rings (SSSR count). The maximum Gasteiger partial charge on any atom is 0.257 e. The van der Waals surface area contributed by atoms with Gasteiger partial charge in [0.2, 0.25) is 5.91 Å². The van der Waals surface area contributed by atoms with Crippen LogP contribution in [-0.2, 0) is 19.0 Å². The number of benzene rings is 1.